The molecule has 43 valence electrons. The Hall–Kier alpha value is -0.550. The maximum atomic E-state index is 8.42. The van der Waals surface area contributed by atoms with Crippen molar-refractivity contribution in [1.29, 1.82) is 5.26 Å². The van der Waals surface area contributed by atoms with E-state index in [2.05, 4.69) is 12.6 Å². The van der Waals surface area contributed by atoms with Gasteiger partial charge in [0.1, 0.15) is 0 Å². The predicted molar refractivity (Wildman–Crippen MR) is 30.7 cm³/mol. The number of nitrogens with zero attached hydrogens (tertiary/aromatic N) is 2. The van der Waals surface area contributed by atoms with E-state index < -0.39 is 0 Å². The second-order valence-corrected chi connectivity index (χ2v) is 2.07. The molecule has 1 aliphatic heterocycles. The number of hydrogen-bond acceptors (Lipinski definition) is 2. The summed E-state index contributed by atoms with van der Waals surface area (Å²) in [7, 11) is 1.95. The van der Waals surface area contributed by atoms with Gasteiger partial charge in [0.05, 0.1) is 12.1 Å². The number of hydrogen-bond donors (Lipinski definition) is 0. The van der Waals surface area contributed by atoms with Gasteiger partial charge in [0.15, 0.2) is 0 Å². The second kappa shape index (κ2) is 2.15. The van der Waals surface area contributed by atoms with Gasteiger partial charge in [-0.2, -0.15) is 5.26 Å². The van der Waals surface area contributed by atoms with Crippen molar-refractivity contribution in [1.82, 2.24) is 4.90 Å². The van der Waals surface area contributed by atoms with Crippen LogP contribution in [0, 0.1) is 17.9 Å². The first kappa shape index (κ1) is 5.58. The topological polar surface area (TPSA) is 27.0 Å². The molecule has 0 spiro atoms. The van der Waals surface area contributed by atoms with Crippen LogP contribution < -0.4 is 0 Å². The van der Waals surface area contributed by atoms with Gasteiger partial charge >= 0.3 is 0 Å². The molecule has 1 heterocycles. The molecule has 0 aromatic carbocycles. The molecule has 2 heteroatoms. The fourth-order valence-corrected chi connectivity index (χ4v) is 0.923. The minimum absolute atomic E-state index is 0.148. The Morgan fingerprint density at radius 2 is 2.62 bits per heavy atom. The second-order valence-electron chi connectivity index (χ2n) is 2.07. The van der Waals surface area contributed by atoms with Gasteiger partial charge in [-0.05, 0) is 19.9 Å². The van der Waals surface area contributed by atoms with Crippen LogP contribution in [0.15, 0.2) is 0 Å². The summed E-state index contributed by atoms with van der Waals surface area (Å²) in [4.78, 5) is 1.97. The average Bonchev–Trinajstić information content (AvgIpc) is 2.14. The van der Waals surface area contributed by atoms with Crippen molar-refractivity contribution in [3.63, 3.8) is 0 Å². The van der Waals surface area contributed by atoms with Gasteiger partial charge in [-0.15, -0.1) is 0 Å². The van der Waals surface area contributed by atoms with E-state index >= 15 is 0 Å². The Bertz CT molecular complexity index is 114. The lowest BCUT2D eigenvalue weighted by Crippen LogP contribution is -2.19. The Morgan fingerprint density at radius 1 is 1.88 bits per heavy atom. The van der Waals surface area contributed by atoms with Crippen molar-refractivity contribution in [2.24, 2.45) is 0 Å². The van der Waals surface area contributed by atoms with E-state index in [0.29, 0.717) is 0 Å². The van der Waals surface area contributed by atoms with E-state index in [-0.39, 0.29) is 6.04 Å². The van der Waals surface area contributed by atoms with Crippen LogP contribution in [0.5, 0.6) is 0 Å². The molecule has 0 aromatic heterocycles. The van der Waals surface area contributed by atoms with E-state index in [1.54, 1.807) is 0 Å². The normalized spacial score (nSPS) is 30.2. The van der Waals surface area contributed by atoms with Gasteiger partial charge in [-0.25, -0.2) is 0 Å². The van der Waals surface area contributed by atoms with Crippen LogP contribution in [-0.4, -0.2) is 18.0 Å². The monoisotopic (exact) mass is 109 g/mol. The molecule has 0 aromatic rings. The molecule has 1 aliphatic rings. The Morgan fingerprint density at radius 3 is 2.88 bits per heavy atom. The Labute approximate surface area is 49.7 Å². The summed E-state index contributed by atoms with van der Waals surface area (Å²) in [6, 6.07) is 2.36. The fourth-order valence-electron chi connectivity index (χ4n) is 0.923. The third-order valence-corrected chi connectivity index (χ3v) is 1.50. The molecule has 0 N–H and O–H groups in total. The van der Waals surface area contributed by atoms with Crippen LogP contribution in [0.1, 0.15) is 12.8 Å². The van der Waals surface area contributed by atoms with E-state index in [9.17, 15) is 0 Å². The SMILES string of the molecule is CN1[CH]CCC1C#N. The van der Waals surface area contributed by atoms with Crippen molar-refractivity contribution in [2.45, 2.75) is 18.9 Å². The van der Waals surface area contributed by atoms with Crippen LogP contribution in [0.3, 0.4) is 0 Å². The van der Waals surface area contributed by atoms with Crippen molar-refractivity contribution < 1.29 is 0 Å². The molecule has 1 atom stereocenters. The zero-order chi connectivity index (χ0) is 5.98. The first-order valence-electron chi connectivity index (χ1n) is 2.79. The van der Waals surface area contributed by atoms with Crippen molar-refractivity contribution in [2.75, 3.05) is 7.05 Å². The van der Waals surface area contributed by atoms with Crippen molar-refractivity contribution >= 4 is 0 Å². The van der Waals surface area contributed by atoms with Crippen LogP contribution >= 0.6 is 0 Å². The molecule has 1 rings (SSSR count). The average molecular weight is 109 g/mol. The largest absolute Gasteiger partial charge is 0.287 e. The first-order chi connectivity index (χ1) is 3.84. The minimum Gasteiger partial charge on any atom is -0.287 e. The van der Waals surface area contributed by atoms with Gasteiger partial charge in [0.2, 0.25) is 0 Å². The lowest BCUT2D eigenvalue weighted by molar-refractivity contribution is 0.408. The smallest absolute Gasteiger partial charge is 0.0978 e. The number of rotatable bonds is 0. The van der Waals surface area contributed by atoms with Crippen molar-refractivity contribution in [3.05, 3.63) is 6.54 Å². The van der Waals surface area contributed by atoms with E-state index in [4.69, 9.17) is 5.26 Å². The van der Waals surface area contributed by atoms with Crippen LogP contribution in [0.25, 0.3) is 0 Å². The van der Waals surface area contributed by atoms with Gasteiger partial charge in [0, 0.05) is 6.54 Å². The Kier molecular flexibility index (Phi) is 1.50. The molecule has 0 bridgehead atoms. The van der Waals surface area contributed by atoms with Crippen LogP contribution in [0.2, 0.25) is 0 Å². The fraction of sp³-hybridized carbons (Fsp3) is 0.667. The van der Waals surface area contributed by atoms with Crippen LogP contribution in [0.4, 0.5) is 0 Å². The van der Waals surface area contributed by atoms with Crippen molar-refractivity contribution in [3.8, 4) is 6.07 Å². The summed E-state index contributed by atoms with van der Waals surface area (Å²) in [5.74, 6) is 0. The molecule has 0 aliphatic carbocycles. The Balaban J connectivity index is 2.45. The molecular weight excluding hydrogens is 100 g/mol. The molecule has 0 saturated carbocycles. The highest BCUT2D eigenvalue weighted by Gasteiger charge is 2.19. The molecule has 1 fully saturated rings. The van der Waals surface area contributed by atoms with E-state index in [1.165, 1.54) is 0 Å². The van der Waals surface area contributed by atoms with E-state index in [1.807, 2.05) is 11.9 Å². The zero-order valence-corrected chi connectivity index (χ0v) is 4.96. The lowest BCUT2D eigenvalue weighted by Gasteiger charge is -2.08. The molecule has 2 nitrogen and oxygen atoms in total. The summed E-state index contributed by atoms with van der Waals surface area (Å²) in [5.41, 5.74) is 0. The third kappa shape index (κ3) is 0.823. The van der Waals surface area contributed by atoms with Gasteiger partial charge in [0.25, 0.3) is 0 Å². The van der Waals surface area contributed by atoms with Gasteiger partial charge < -0.3 is 0 Å². The number of likely N-dealkylation sites (tertiary alicyclic amines) is 1. The molecule has 0 amide bonds. The summed E-state index contributed by atoms with van der Waals surface area (Å²) in [6.45, 7) is 2.06. The highest BCUT2D eigenvalue weighted by Crippen LogP contribution is 2.16. The quantitative estimate of drug-likeness (QED) is 0.459. The molecule has 8 heavy (non-hydrogen) atoms. The summed E-state index contributed by atoms with van der Waals surface area (Å²) >= 11 is 0. The first-order valence-corrected chi connectivity index (χ1v) is 2.79. The van der Waals surface area contributed by atoms with Gasteiger partial charge in [-0.1, -0.05) is 0 Å². The maximum absolute atomic E-state index is 8.42. The highest BCUT2D eigenvalue weighted by atomic mass is 15.1. The molecule has 1 radical (unpaired) electrons. The molecule has 1 unspecified atom stereocenters. The predicted octanol–water partition coefficient (Wildman–Crippen LogP) is 0.766. The standard InChI is InChI=1S/C6H9N2/c1-8-4-2-3-6(8)5-7/h4,6H,2-3H2,1H3. The van der Waals surface area contributed by atoms with Crippen LogP contribution in [-0.2, 0) is 0 Å². The summed E-state index contributed by atoms with van der Waals surface area (Å²) in [5, 5.41) is 8.42. The third-order valence-electron chi connectivity index (χ3n) is 1.50. The zero-order valence-electron chi connectivity index (χ0n) is 4.96. The lowest BCUT2D eigenvalue weighted by atomic mass is 10.2. The van der Waals surface area contributed by atoms with E-state index in [0.717, 1.165) is 12.8 Å². The van der Waals surface area contributed by atoms with Gasteiger partial charge in [-0.3, -0.25) is 4.90 Å². The molecular formula is C6H9N2. The maximum Gasteiger partial charge on any atom is 0.0978 e. The summed E-state index contributed by atoms with van der Waals surface area (Å²) in [6.07, 6.45) is 2.07. The number of nitriles is 1. The minimum atomic E-state index is 0.148. The summed E-state index contributed by atoms with van der Waals surface area (Å²) < 4.78 is 0. The highest BCUT2D eigenvalue weighted by molar-refractivity contribution is 4.98. The molecule has 1 saturated heterocycles.